The molecule has 1 aromatic heterocycles. The lowest BCUT2D eigenvalue weighted by Crippen LogP contribution is -2.36. The molecule has 6 heteroatoms. The van der Waals surface area contributed by atoms with Crippen LogP contribution in [0.25, 0.3) is 0 Å². The van der Waals surface area contributed by atoms with Crippen LogP contribution in [0.3, 0.4) is 0 Å². The highest BCUT2D eigenvalue weighted by Crippen LogP contribution is 2.20. The molecule has 1 fully saturated rings. The Morgan fingerprint density at radius 2 is 2.26 bits per heavy atom. The van der Waals surface area contributed by atoms with Crippen molar-refractivity contribution in [3.63, 3.8) is 0 Å². The maximum Gasteiger partial charge on any atom is 0.371 e. The molecule has 0 spiro atoms. The van der Waals surface area contributed by atoms with Crippen LogP contribution in [0.4, 0.5) is 0 Å². The Balaban J connectivity index is 1.84. The van der Waals surface area contributed by atoms with Crippen molar-refractivity contribution >= 4 is 11.9 Å². The summed E-state index contributed by atoms with van der Waals surface area (Å²) in [4.78, 5) is 22.6. The van der Waals surface area contributed by atoms with Crippen LogP contribution >= 0.6 is 0 Å². The Hall–Kier alpha value is -1.82. The highest BCUT2D eigenvalue weighted by Gasteiger charge is 2.25. The van der Waals surface area contributed by atoms with Gasteiger partial charge < -0.3 is 19.6 Å². The van der Waals surface area contributed by atoms with Gasteiger partial charge in [-0.2, -0.15) is 0 Å². The molecule has 6 nitrogen and oxygen atoms in total. The molecule has 1 amide bonds. The van der Waals surface area contributed by atoms with E-state index in [1.54, 1.807) is 6.07 Å². The molecule has 1 aliphatic rings. The average Bonchev–Trinajstić information content (AvgIpc) is 2.85. The summed E-state index contributed by atoms with van der Waals surface area (Å²) in [5.74, 6) is -0.883. The summed E-state index contributed by atoms with van der Waals surface area (Å²) in [6.07, 6.45) is 1.53. The van der Waals surface area contributed by atoms with Gasteiger partial charge in [0.2, 0.25) is 11.7 Å². The third-order valence-electron chi connectivity index (χ3n) is 3.17. The van der Waals surface area contributed by atoms with Crippen LogP contribution < -0.4 is 5.32 Å². The van der Waals surface area contributed by atoms with Crippen molar-refractivity contribution in [2.75, 3.05) is 6.61 Å². The molecule has 0 aromatic carbocycles. The fourth-order valence-electron chi connectivity index (χ4n) is 2.14. The molecular formula is C13H17NO5. The minimum Gasteiger partial charge on any atom is -0.475 e. The Kier molecular flexibility index (Phi) is 4.21. The van der Waals surface area contributed by atoms with E-state index in [9.17, 15) is 9.59 Å². The molecule has 1 aromatic rings. The number of hydrogen-bond donors (Lipinski definition) is 2. The first kappa shape index (κ1) is 13.6. The van der Waals surface area contributed by atoms with Gasteiger partial charge in [-0.05, 0) is 31.9 Å². The Labute approximate surface area is 110 Å². The number of carbonyl (C=O) groups is 2. The fourth-order valence-corrected chi connectivity index (χ4v) is 2.14. The molecule has 2 rings (SSSR count). The molecule has 2 atom stereocenters. The van der Waals surface area contributed by atoms with Gasteiger partial charge in [-0.15, -0.1) is 0 Å². The molecule has 19 heavy (non-hydrogen) atoms. The molecule has 1 saturated heterocycles. The molecule has 2 heterocycles. The quantitative estimate of drug-likeness (QED) is 0.861. The van der Waals surface area contributed by atoms with Crippen molar-refractivity contribution in [3.8, 4) is 0 Å². The summed E-state index contributed by atoms with van der Waals surface area (Å²) in [5, 5.41) is 11.5. The fraction of sp³-hybridized carbons (Fsp3) is 0.538. The van der Waals surface area contributed by atoms with E-state index in [0.29, 0.717) is 25.2 Å². The van der Waals surface area contributed by atoms with E-state index < -0.39 is 5.97 Å². The van der Waals surface area contributed by atoms with Crippen LogP contribution in [-0.2, 0) is 16.1 Å². The van der Waals surface area contributed by atoms with E-state index in [1.165, 1.54) is 6.07 Å². The zero-order chi connectivity index (χ0) is 13.8. The molecule has 0 bridgehead atoms. The van der Waals surface area contributed by atoms with Crippen LogP contribution in [0.1, 0.15) is 36.1 Å². The number of amides is 1. The van der Waals surface area contributed by atoms with Crippen LogP contribution in [0.5, 0.6) is 0 Å². The van der Waals surface area contributed by atoms with Gasteiger partial charge in [0.15, 0.2) is 0 Å². The average molecular weight is 267 g/mol. The second-order valence-electron chi connectivity index (χ2n) is 4.69. The minimum absolute atomic E-state index is 0.0385. The van der Waals surface area contributed by atoms with E-state index in [-0.39, 0.29) is 30.2 Å². The molecule has 0 unspecified atom stereocenters. The van der Waals surface area contributed by atoms with Crippen molar-refractivity contribution in [1.29, 1.82) is 0 Å². The number of carboxylic acids is 1. The first-order chi connectivity index (χ1) is 9.06. The van der Waals surface area contributed by atoms with Gasteiger partial charge >= 0.3 is 5.97 Å². The summed E-state index contributed by atoms with van der Waals surface area (Å²) >= 11 is 0. The zero-order valence-corrected chi connectivity index (χ0v) is 10.7. The lowest BCUT2D eigenvalue weighted by molar-refractivity contribution is -0.129. The number of ether oxygens (including phenoxy) is 1. The van der Waals surface area contributed by atoms with E-state index in [4.69, 9.17) is 14.3 Å². The largest absolute Gasteiger partial charge is 0.475 e. The van der Waals surface area contributed by atoms with Crippen LogP contribution in [0, 0.1) is 5.92 Å². The standard InChI is InChI=1S/C13H17NO5/c1-8-6-9(4-5-18-8)12(15)14-7-10-2-3-11(19-10)13(16)17/h2-3,8-9H,4-7H2,1H3,(H,14,15)(H,16,17)/t8-,9+/m0/s1. The van der Waals surface area contributed by atoms with Crippen molar-refractivity contribution in [3.05, 3.63) is 23.7 Å². The summed E-state index contributed by atoms with van der Waals surface area (Å²) in [6, 6.07) is 2.93. The van der Waals surface area contributed by atoms with Gasteiger partial charge in [0.1, 0.15) is 5.76 Å². The Bertz CT molecular complexity index is 467. The normalized spacial score (nSPS) is 23.0. The number of nitrogens with one attached hydrogen (secondary N) is 1. The molecule has 2 N–H and O–H groups in total. The molecule has 0 saturated carbocycles. The summed E-state index contributed by atoms with van der Waals surface area (Å²) in [5.41, 5.74) is 0. The second kappa shape index (κ2) is 5.88. The van der Waals surface area contributed by atoms with Crippen molar-refractivity contribution < 1.29 is 23.8 Å². The maximum atomic E-state index is 11.9. The van der Waals surface area contributed by atoms with Crippen LogP contribution in [0.2, 0.25) is 0 Å². The van der Waals surface area contributed by atoms with Gasteiger partial charge in [-0.3, -0.25) is 4.79 Å². The number of carboxylic acid groups (broad SMARTS) is 1. The third kappa shape index (κ3) is 3.57. The van der Waals surface area contributed by atoms with Crippen molar-refractivity contribution in [2.45, 2.75) is 32.4 Å². The first-order valence-electron chi connectivity index (χ1n) is 6.27. The van der Waals surface area contributed by atoms with E-state index >= 15 is 0 Å². The SMILES string of the molecule is C[C@H]1C[C@H](C(=O)NCc2ccc(C(=O)O)o2)CCO1. The zero-order valence-electron chi connectivity index (χ0n) is 10.7. The van der Waals surface area contributed by atoms with Gasteiger partial charge in [0.05, 0.1) is 12.6 Å². The summed E-state index contributed by atoms with van der Waals surface area (Å²) in [7, 11) is 0. The van der Waals surface area contributed by atoms with E-state index in [2.05, 4.69) is 5.32 Å². The number of furan rings is 1. The van der Waals surface area contributed by atoms with Gasteiger partial charge in [-0.25, -0.2) is 4.79 Å². The minimum atomic E-state index is -1.11. The number of aromatic carboxylic acids is 1. The lowest BCUT2D eigenvalue weighted by Gasteiger charge is -2.26. The second-order valence-corrected chi connectivity index (χ2v) is 4.69. The number of rotatable bonds is 4. The number of hydrogen-bond acceptors (Lipinski definition) is 4. The predicted molar refractivity (Wildman–Crippen MR) is 65.7 cm³/mol. The highest BCUT2D eigenvalue weighted by molar-refractivity contribution is 5.84. The first-order valence-corrected chi connectivity index (χ1v) is 6.27. The van der Waals surface area contributed by atoms with Crippen LogP contribution in [-0.4, -0.2) is 29.7 Å². The molecule has 0 radical (unpaired) electrons. The van der Waals surface area contributed by atoms with Gasteiger partial charge in [0, 0.05) is 12.5 Å². The topological polar surface area (TPSA) is 88.8 Å². The molecule has 1 aliphatic heterocycles. The highest BCUT2D eigenvalue weighted by atomic mass is 16.5. The van der Waals surface area contributed by atoms with E-state index in [1.807, 2.05) is 6.92 Å². The summed E-state index contributed by atoms with van der Waals surface area (Å²) in [6.45, 7) is 2.76. The smallest absolute Gasteiger partial charge is 0.371 e. The van der Waals surface area contributed by atoms with E-state index in [0.717, 1.165) is 0 Å². The van der Waals surface area contributed by atoms with Gasteiger partial charge in [0.25, 0.3) is 0 Å². The Morgan fingerprint density at radius 1 is 1.47 bits per heavy atom. The van der Waals surface area contributed by atoms with Gasteiger partial charge in [-0.1, -0.05) is 0 Å². The third-order valence-corrected chi connectivity index (χ3v) is 3.17. The van der Waals surface area contributed by atoms with Crippen molar-refractivity contribution in [1.82, 2.24) is 5.32 Å². The summed E-state index contributed by atoms with van der Waals surface area (Å²) < 4.78 is 10.5. The Morgan fingerprint density at radius 3 is 2.89 bits per heavy atom. The lowest BCUT2D eigenvalue weighted by atomic mass is 9.95. The monoisotopic (exact) mass is 267 g/mol. The molecule has 0 aliphatic carbocycles. The van der Waals surface area contributed by atoms with Crippen LogP contribution in [0.15, 0.2) is 16.5 Å². The van der Waals surface area contributed by atoms with Crippen molar-refractivity contribution in [2.24, 2.45) is 5.92 Å². The molecular weight excluding hydrogens is 250 g/mol. The maximum absolute atomic E-state index is 11.9. The number of carbonyl (C=O) groups excluding carboxylic acids is 1. The predicted octanol–water partition coefficient (Wildman–Crippen LogP) is 1.41. The molecule has 104 valence electrons.